The van der Waals surface area contributed by atoms with Crippen molar-refractivity contribution in [3.63, 3.8) is 0 Å². The molecule has 25 heavy (non-hydrogen) atoms. The van der Waals surface area contributed by atoms with Gasteiger partial charge in [-0.1, -0.05) is 23.7 Å². The van der Waals surface area contributed by atoms with Crippen molar-refractivity contribution in [3.8, 4) is 23.0 Å². The summed E-state index contributed by atoms with van der Waals surface area (Å²) >= 11 is 5.89. The second-order valence-corrected chi connectivity index (χ2v) is 5.56. The number of amides is 1. The number of nitrogens with one attached hydrogen (secondary N) is 1. The smallest absolute Gasteiger partial charge is 0.284 e. The summed E-state index contributed by atoms with van der Waals surface area (Å²) < 4.78 is 16.1. The zero-order chi connectivity index (χ0) is 17.8. The van der Waals surface area contributed by atoms with Gasteiger partial charge >= 0.3 is 0 Å². The van der Waals surface area contributed by atoms with E-state index in [1.54, 1.807) is 18.2 Å². The van der Waals surface area contributed by atoms with E-state index in [9.17, 15) is 9.90 Å². The first kappa shape index (κ1) is 16.9. The van der Waals surface area contributed by atoms with E-state index in [2.05, 4.69) is 10.5 Å². The van der Waals surface area contributed by atoms with Gasteiger partial charge in [0.05, 0.1) is 18.3 Å². The summed E-state index contributed by atoms with van der Waals surface area (Å²) in [5.74, 6) is 0.717. The van der Waals surface area contributed by atoms with Crippen LogP contribution in [-0.2, 0) is 4.79 Å². The van der Waals surface area contributed by atoms with Crippen LogP contribution in [0.15, 0.2) is 41.5 Å². The van der Waals surface area contributed by atoms with E-state index < -0.39 is 12.0 Å². The molecule has 1 aliphatic heterocycles. The first-order chi connectivity index (χ1) is 12.1. The van der Waals surface area contributed by atoms with E-state index in [-0.39, 0.29) is 23.1 Å². The molecule has 2 aromatic carbocycles. The second kappa shape index (κ2) is 7.31. The van der Waals surface area contributed by atoms with Gasteiger partial charge in [-0.15, -0.1) is 0 Å². The molecule has 1 heterocycles. The van der Waals surface area contributed by atoms with Crippen LogP contribution >= 0.6 is 11.6 Å². The van der Waals surface area contributed by atoms with Crippen LogP contribution in [-0.4, -0.2) is 37.0 Å². The first-order valence-corrected chi connectivity index (χ1v) is 7.74. The van der Waals surface area contributed by atoms with Crippen molar-refractivity contribution < 1.29 is 24.1 Å². The summed E-state index contributed by atoms with van der Waals surface area (Å²) in [7, 11) is 1.41. The molecule has 0 radical (unpaired) electrons. The molecule has 130 valence electrons. The monoisotopic (exact) mass is 362 g/mol. The molecule has 0 unspecified atom stereocenters. The molecular formula is C17H15ClN2O5. The summed E-state index contributed by atoms with van der Waals surface area (Å²) in [4.78, 5) is 12.1. The Labute approximate surface area is 148 Å². The number of rotatable bonds is 4. The molecule has 0 aromatic heterocycles. The number of fused-ring (bicyclic) bond motifs is 1. The number of methoxy groups -OCH3 is 1. The highest BCUT2D eigenvalue weighted by Gasteiger charge is 2.26. The van der Waals surface area contributed by atoms with Crippen molar-refractivity contribution in [2.75, 3.05) is 13.7 Å². The number of phenolic OH excluding ortho intramolecular Hbond substituents is 1. The zero-order valence-corrected chi connectivity index (χ0v) is 14.0. The molecule has 0 spiro atoms. The van der Waals surface area contributed by atoms with Crippen LogP contribution in [0.4, 0.5) is 0 Å². The van der Waals surface area contributed by atoms with Crippen molar-refractivity contribution >= 4 is 23.7 Å². The van der Waals surface area contributed by atoms with Crippen molar-refractivity contribution in [1.82, 2.24) is 5.43 Å². The normalized spacial score (nSPS) is 15.8. The van der Waals surface area contributed by atoms with Gasteiger partial charge in [0.15, 0.2) is 23.0 Å². The van der Waals surface area contributed by atoms with Gasteiger partial charge in [-0.05, 0) is 29.8 Å². The maximum absolute atomic E-state index is 12.1. The highest BCUT2D eigenvalue weighted by Crippen LogP contribution is 2.34. The zero-order valence-electron chi connectivity index (χ0n) is 13.2. The molecule has 2 N–H and O–H groups in total. The van der Waals surface area contributed by atoms with E-state index in [0.717, 1.165) is 0 Å². The lowest BCUT2D eigenvalue weighted by Crippen LogP contribution is -2.42. The number of phenols is 1. The van der Waals surface area contributed by atoms with Crippen LogP contribution in [0.2, 0.25) is 5.02 Å². The molecule has 0 saturated heterocycles. The van der Waals surface area contributed by atoms with Crippen LogP contribution in [0.1, 0.15) is 5.56 Å². The number of carbonyl (C=O) groups excluding carboxylic acids is 1. The maximum atomic E-state index is 12.1. The molecule has 0 bridgehead atoms. The number of hydrogen-bond donors (Lipinski definition) is 2. The number of para-hydroxylation sites is 2. The van der Waals surface area contributed by atoms with Crippen molar-refractivity contribution in [1.29, 1.82) is 0 Å². The molecule has 3 rings (SSSR count). The average molecular weight is 363 g/mol. The van der Waals surface area contributed by atoms with Crippen molar-refractivity contribution in [2.45, 2.75) is 6.10 Å². The molecule has 1 aliphatic rings. The third-order valence-corrected chi connectivity index (χ3v) is 3.75. The van der Waals surface area contributed by atoms with Gasteiger partial charge in [-0.3, -0.25) is 4.79 Å². The second-order valence-electron chi connectivity index (χ2n) is 5.15. The van der Waals surface area contributed by atoms with Gasteiger partial charge in [-0.2, -0.15) is 5.10 Å². The van der Waals surface area contributed by atoms with Gasteiger partial charge in [0.1, 0.15) is 6.61 Å². The molecule has 2 aromatic rings. The van der Waals surface area contributed by atoms with Crippen molar-refractivity contribution in [3.05, 3.63) is 47.0 Å². The van der Waals surface area contributed by atoms with E-state index >= 15 is 0 Å². The third-order valence-electron chi connectivity index (χ3n) is 3.46. The first-order valence-electron chi connectivity index (χ1n) is 7.36. The largest absolute Gasteiger partial charge is 0.503 e. The predicted molar refractivity (Wildman–Crippen MR) is 91.8 cm³/mol. The SMILES string of the molecule is COc1cc(/C=N\NC(=O)[C@H]2COc3ccccc3O2)cc(Cl)c1O. The Hall–Kier alpha value is -2.93. The van der Waals surface area contributed by atoms with Crippen LogP contribution in [0, 0.1) is 0 Å². The number of halogens is 1. The standard InChI is InChI=1S/C17H15ClN2O5/c1-23-14-7-10(6-11(18)16(14)21)8-19-20-17(22)15-9-24-12-4-2-3-5-13(12)25-15/h2-8,15,21H,9H2,1H3,(H,20,22)/b19-8-/t15-/m1/s1. The number of carbonyl (C=O) groups is 1. The number of hydrazone groups is 1. The number of hydrogen-bond acceptors (Lipinski definition) is 6. The minimum Gasteiger partial charge on any atom is -0.503 e. The Morgan fingerprint density at radius 1 is 1.40 bits per heavy atom. The fourth-order valence-corrected chi connectivity index (χ4v) is 2.43. The number of nitrogens with zero attached hydrogens (tertiary/aromatic N) is 1. The Kier molecular flexibility index (Phi) is 4.95. The number of ether oxygens (including phenoxy) is 3. The highest BCUT2D eigenvalue weighted by molar-refractivity contribution is 6.32. The van der Waals surface area contributed by atoms with Crippen LogP contribution in [0.25, 0.3) is 0 Å². The highest BCUT2D eigenvalue weighted by atomic mass is 35.5. The summed E-state index contributed by atoms with van der Waals surface area (Å²) in [6, 6.07) is 10.1. The molecule has 1 atom stereocenters. The van der Waals surface area contributed by atoms with Crippen LogP contribution < -0.4 is 19.6 Å². The Bertz CT molecular complexity index is 825. The third kappa shape index (κ3) is 3.77. The van der Waals surface area contributed by atoms with E-state index in [1.807, 2.05) is 6.07 Å². The molecule has 7 nitrogen and oxygen atoms in total. The van der Waals surface area contributed by atoms with Gasteiger partial charge in [0.25, 0.3) is 5.91 Å². The molecular weight excluding hydrogens is 348 g/mol. The maximum Gasteiger partial charge on any atom is 0.284 e. The predicted octanol–water partition coefficient (Wildman–Crippen LogP) is 2.34. The summed E-state index contributed by atoms with van der Waals surface area (Å²) in [6.07, 6.45) is 0.577. The van der Waals surface area contributed by atoms with E-state index in [1.165, 1.54) is 25.5 Å². The fourth-order valence-electron chi connectivity index (χ4n) is 2.22. The average Bonchev–Trinajstić information content (AvgIpc) is 2.63. The lowest BCUT2D eigenvalue weighted by molar-refractivity contribution is -0.130. The molecule has 0 saturated carbocycles. The molecule has 1 amide bonds. The fraction of sp³-hybridized carbons (Fsp3) is 0.176. The summed E-state index contributed by atoms with van der Waals surface area (Å²) in [5.41, 5.74) is 2.93. The van der Waals surface area contributed by atoms with Gasteiger partial charge in [-0.25, -0.2) is 5.43 Å². The Morgan fingerprint density at radius 3 is 2.92 bits per heavy atom. The minimum atomic E-state index is -0.801. The number of aromatic hydroxyl groups is 1. The minimum absolute atomic E-state index is 0.0945. The molecule has 8 heteroatoms. The van der Waals surface area contributed by atoms with Crippen molar-refractivity contribution in [2.24, 2.45) is 5.10 Å². The van der Waals surface area contributed by atoms with Crippen LogP contribution in [0.5, 0.6) is 23.0 Å². The Balaban J connectivity index is 1.63. The molecule has 0 fully saturated rings. The lowest BCUT2D eigenvalue weighted by atomic mass is 10.2. The lowest BCUT2D eigenvalue weighted by Gasteiger charge is -2.24. The molecule has 0 aliphatic carbocycles. The van der Waals surface area contributed by atoms with Gasteiger partial charge in [0, 0.05) is 0 Å². The van der Waals surface area contributed by atoms with E-state index in [4.69, 9.17) is 25.8 Å². The van der Waals surface area contributed by atoms with Crippen LogP contribution in [0.3, 0.4) is 0 Å². The number of benzene rings is 2. The summed E-state index contributed by atoms with van der Waals surface area (Å²) in [5, 5.41) is 13.7. The Morgan fingerprint density at radius 2 is 2.16 bits per heavy atom. The van der Waals surface area contributed by atoms with Gasteiger partial charge < -0.3 is 19.3 Å². The quantitative estimate of drug-likeness (QED) is 0.643. The summed E-state index contributed by atoms with van der Waals surface area (Å²) in [6.45, 7) is 0.0945. The van der Waals surface area contributed by atoms with Gasteiger partial charge in [0.2, 0.25) is 6.10 Å². The topological polar surface area (TPSA) is 89.4 Å². The van der Waals surface area contributed by atoms with E-state index in [0.29, 0.717) is 17.1 Å².